The molecule has 2 saturated heterocycles. The molecule has 1 aromatic rings. The number of ether oxygens (including phenoxy) is 1. The summed E-state index contributed by atoms with van der Waals surface area (Å²) in [4.78, 5) is 2.48. The molecule has 2 aliphatic heterocycles. The fraction of sp³-hybridized carbons (Fsp3) is 0.647. The molecule has 3 rings (SSSR count). The van der Waals surface area contributed by atoms with Gasteiger partial charge in [-0.05, 0) is 50.3 Å². The molecule has 20 heavy (non-hydrogen) atoms. The third kappa shape index (κ3) is 3.53. The van der Waals surface area contributed by atoms with Crippen molar-refractivity contribution in [3.05, 3.63) is 29.8 Å². The fourth-order valence-electron chi connectivity index (χ4n) is 3.25. The molecule has 110 valence electrons. The van der Waals surface area contributed by atoms with E-state index in [2.05, 4.69) is 41.4 Å². The van der Waals surface area contributed by atoms with E-state index in [1.54, 1.807) is 0 Å². The third-order valence-electron chi connectivity index (χ3n) is 4.49. The van der Waals surface area contributed by atoms with E-state index in [1.807, 2.05) is 0 Å². The standard InChI is InChI=1S/C17H26N2O/c1-14-12-16(8-11-20-14)18-13-15-4-6-17(7-5-15)19-9-2-3-10-19/h4-7,14,16,18H,2-3,8-13H2,1H3. The van der Waals surface area contributed by atoms with Crippen molar-refractivity contribution >= 4 is 5.69 Å². The van der Waals surface area contributed by atoms with Crippen molar-refractivity contribution in [1.82, 2.24) is 5.32 Å². The summed E-state index contributed by atoms with van der Waals surface area (Å²) in [5.74, 6) is 0. The van der Waals surface area contributed by atoms with Gasteiger partial charge in [0.2, 0.25) is 0 Å². The minimum absolute atomic E-state index is 0.402. The molecule has 2 unspecified atom stereocenters. The summed E-state index contributed by atoms with van der Waals surface area (Å²) in [7, 11) is 0. The lowest BCUT2D eigenvalue weighted by Gasteiger charge is -2.28. The van der Waals surface area contributed by atoms with Gasteiger partial charge in [-0.15, -0.1) is 0 Å². The molecule has 2 fully saturated rings. The lowest BCUT2D eigenvalue weighted by Crippen LogP contribution is -2.37. The van der Waals surface area contributed by atoms with Crippen LogP contribution in [0.25, 0.3) is 0 Å². The maximum atomic E-state index is 5.59. The molecule has 0 aliphatic carbocycles. The highest BCUT2D eigenvalue weighted by Gasteiger charge is 2.18. The zero-order valence-corrected chi connectivity index (χ0v) is 12.5. The van der Waals surface area contributed by atoms with E-state index in [-0.39, 0.29) is 0 Å². The first kappa shape index (κ1) is 13.9. The molecule has 0 spiro atoms. The lowest BCUT2D eigenvalue weighted by molar-refractivity contribution is 0.0130. The largest absolute Gasteiger partial charge is 0.378 e. The van der Waals surface area contributed by atoms with Crippen LogP contribution in [0.1, 0.15) is 38.2 Å². The summed E-state index contributed by atoms with van der Waals surface area (Å²) >= 11 is 0. The first-order chi connectivity index (χ1) is 9.81. The number of hydrogen-bond donors (Lipinski definition) is 1. The average Bonchev–Trinajstić information content (AvgIpc) is 3.00. The Labute approximate surface area is 122 Å². The van der Waals surface area contributed by atoms with Gasteiger partial charge >= 0.3 is 0 Å². The van der Waals surface area contributed by atoms with Gasteiger partial charge in [0.15, 0.2) is 0 Å². The molecule has 0 bridgehead atoms. The first-order valence-corrected chi connectivity index (χ1v) is 8.00. The summed E-state index contributed by atoms with van der Waals surface area (Å²) in [5.41, 5.74) is 2.76. The molecule has 3 heteroatoms. The Balaban J connectivity index is 1.50. The molecule has 0 saturated carbocycles. The normalized spacial score (nSPS) is 26.9. The average molecular weight is 274 g/mol. The van der Waals surface area contributed by atoms with Crippen LogP contribution in [0.3, 0.4) is 0 Å². The van der Waals surface area contributed by atoms with Crippen LogP contribution in [0.5, 0.6) is 0 Å². The first-order valence-electron chi connectivity index (χ1n) is 8.00. The Kier molecular flexibility index (Phi) is 4.58. The highest BCUT2D eigenvalue weighted by atomic mass is 16.5. The maximum absolute atomic E-state index is 5.59. The van der Waals surface area contributed by atoms with Gasteiger partial charge in [-0.25, -0.2) is 0 Å². The molecular weight excluding hydrogens is 248 g/mol. The van der Waals surface area contributed by atoms with E-state index in [1.165, 1.54) is 37.2 Å². The topological polar surface area (TPSA) is 24.5 Å². The Bertz CT molecular complexity index is 412. The molecule has 2 atom stereocenters. The number of rotatable bonds is 4. The van der Waals surface area contributed by atoms with E-state index >= 15 is 0 Å². The SMILES string of the molecule is CC1CC(NCc2ccc(N3CCCC3)cc2)CCO1. The predicted molar refractivity (Wildman–Crippen MR) is 83.2 cm³/mol. The second kappa shape index (κ2) is 6.59. The van der Waals surface area contributed by atoms with Crippen LogP contribution >= 0.6 is 0 Å². The minimum Gasteiger partial charge on any atom is -0.378 e. The van der Waals surface area contributed by atoms with Gasteiger partial charge in [0.05, 0.1) is 6.10 Å². The zero-order chi connectivity index (χ0) is 13.8. The second-order valence-corrected chi connectivity index (χ2v) is 6.14. The Morgan fingerprint density at radius 1 is 1.20 bits per heavy atom. The van der Waals surface area contributed by atoms with E-state index in [0.29, 0.717) is 12.1 Å². The van der Waals surface area contributed by atoms with Crippen molar-refractivity contribution < 1.29 is 4.74 Å². The molecule has 0 radical (unpaired) electrons. The monoisotopic (exact) mass is 274 g/mol. The molecular formula is C17H26N2O. The summed E-state index contributed by atoms with van der Waals surface area (Å²) in [6, 6.07) is 9.69. The van der Waals surface area contributed by atoms with Crippen LogP contribution in [-0.2, 0) is 11.3 Å². The van der Waals surface area contributed by atoms with Crippen molar-refractivity contribution in [2.75, 3.05) is 24.6 Å². The quantitative estimate of drug-likeness (QED) is 0.913. The van der Waals surface area contributed by atoms with Crippen LogP contribution < -0.4 is 10.2 Å². The van der Waals surface area contributed by atoms with Crippen molar-refractivity contribution in [2.45, 2.75) is 51.3 Å². The smallest absolute Gasteiger partial charge is 0.0561 e. The van der Waals surface area contributed by atoms with Crippen LogP contribution in [0.2, 0.25) is 0 Å². The number of benzene rings is 1. The van der Waals surface area contributed by atoms with Gasteiger partial charge in [-0.3, -0.25) is 0 Å². The summed E-state index contributed by atoms with van der Waals surface area (Å²) in [5, 5.41) is 3.66. The molecule has 2 aliphatic rings. The summed E-state index contributed by atoms with van der Waals surface area (Å²) in [6.45, 7) is 6.47. The van der Waals surface area contributed by atoms with Gasteiger partial charge in [-0.2, -0.15) is 0 Å². The van der Waals surface area contributed by atoms with Gasteiger partial charge < -0.3 is 15.0 Å². The van der Waals surface area contributed by atoms with Crippen molar-refractivity contribution in [1.29, 1.82) is 0 Å². The van der Waals surface area contributed by atoms with Crippen LogP contribution in [0, 0.1) is 0 Å². The van der Waals surface area contributed by atoms with Crippen LogP contribution in [0.4, 0.5) is 5.69 Å². The van der Waals surface area contributed by atoms with E-state index in [4.69, 9.17) is 4.74 Å². The molecule has 3 nitrogen and oxygen atoms in total. The van der Waals surface area contributed by atoms with E-state index < -0.39 is 0 Å². The Hall–Kier alpha value is -1.06. The number of anilines is 1. The third-order valence-corrected chi connectivity index (χ3v) is 4.49. The van der Waals surface area contributed by atoms with Gasteiger partial charge in [0.25, 0.3) is 0 Å². The predicted octanol–water partition coefficient (Wildman–Crippen LogP) is 2.94. The van der Waals surface area contributed by atoms with Crippen LogP contribution in [-0.4, -0.2) is 31.8 Å². The molecule has 2 heterocycles. The van der Waals surface area contributed by atoms with Crippen molar-refractivity contribution in [3.63, 3.8) is 0 Å². The van der Waals surface area contributed by atoms with Crippen molar-refractivity contribution in [2.24, 2.45) is 0 Å². The molecule has 1 aromatic carbocycles. The lowest BCUT2D eigenvalue weighted by atomic mass is 10.0. The van der Waals surface area contributed by atoms with E-state index in [9.17, 15) is 0 Å². The van der Waals surface area contributed by atoms with E-state index in [0.717, 1.165) is 26.0 Å². The molecule has 1 N–H and O–H groups in total. The zero-order valence-electron chi connectivity index (χ0n) is 12.5. The number of nitrogens with zero attached hydrogens (tertiary/aromatic N) is 1. The number of hydrogen-bond acceptors (Lipinski definition) is 3. The van der Waals surface area contributed by atoms with Gasteiger partial charge in [0, 0.05) is 38.0 Å². The number of nitrogens with one attached hydrogen (secondary N) is 1. The highest BCUT2D eigenvalue weighted by molar-refractivity contribution is 5.48. The molecule has 0 aromatic heterocycles. The van der Waals surface area contributed by atoms with Gasteiger partial charge in [-0.1, -0.05) is 12.1 Å². The fourth-order valence-corrected chi connectivity index (χ4v) is 3.25. The maximum Gasteiger partial charge on any atom is 0.0561 e. The minimum atomic E-state index is 0.402. The summed E-state index contributed by atoms with van der Waals surface area (Å²) in [6.07, 6.45) is 5.34. The highest BCUT2D eigenvalue weighted by Crippen LogP contribution is 2.20. The van der Waals surface area contributed by atoms with Crippen molar-refractivity contribution in [3.8, 4) is 0 Å². The Morgan fingerprint density at radius 2 is 1.95 bits per heavy atom. The van der Waals surface area contributed by atoms with Crippen LogP contribution in [0.15, 0.2) is 24.3 Å². The second-order valence-electron chi connectivity index (χ2n) is 6.14. The molecule has 0 amide bonds. The van der Waals surface area contributed by atoms with Gasteiger partial charge in [0.1, 0.15) is 0 Å². The Morgan fingerprint density at radius 3 is 2.65 bits per heavy atom. The summed E-state index contributed by atoms with van der Waals surface area (Å²) < 4.78 is 5.59.